The van der Waals surface area contributed by atoms with Gasteiger partial charge < -0.3 is 15.1 Å². The largest absolute Gasteiger partial charge is 0.336 e. The number of piperazine rings is 1. The third-order valence-corrected chi connectivity index (χ3v) is 4.37. The zero-order valence-electron chi connectivity index (χ0n) is 13.8. The van der Waals surface area contributed by atoms with Crippen molar-refractivity contribution in [1.29, 1.82) is 0 Å². The average Bonchev–Trinajstić information content (AvgIpc) is 2.59. The van der Waals surface area contributed by atoms with Gasteiger partial charge in [0.15, 0.2) is 0 Å². The molecule has 1 aliphatic heterocycles. The van der Waals surface area contributed by atoms with Crippen molar-refractivity contribution in [2.24, 2.45) is 0 Å². The van der Waals surface area contributed by atoms with Crippen LogP contribution in [0.25, 0.3) is 0 Å². The Balaban J connectivity index is 1.69. The molecule has 1 N–H and O–H groups in total. The Morgan fingerprint density at radius 3 is 2.50 bits per heavy atom. The van der Waals surface area contributed by atoms with Crippen molar-refractivity contribution in [1.82, 2.24) is 19.8 Å². The molecule has 7 heteroatoms. The van der Waals surface area contributed by atoms with Crippen LogP contribution in [0.1, 0.15) is 15.9 Å². The van der Waals surface area contributed by atoms with Crippen molar-refractivity contribution in [3.63, 3.8) is 0 Å². The van der Waals surface area contributed by atoms with E-state index >= 15 is 0 Å². The van der Waals surface area contributed by atoms with Crippen molar-refractivity contribution in [3.8, 4) is 0 Å². The van der Waals surface area contributed by atoms with E-state index in [0.717, 1.165) is 37.4 Å². The number of hydrogen-bond donors (Lipinski definition) is 1. The first-order chi connectivity index (χ1) is 11.5. The summed E-state index contributed by atoms with van der Waals surface area (Å²) in [4.78, 5) is 25.0. The van der Waals surface area contributed by atoms with E-state index in [-0.39, 0.29) is 5.91 Å². The van der Waals surface area contributed by atoms with Crippen LogP contribution in [-0.2, 0) is 0 Å². The summed E-state index contributed by atoms with van der Waals surface area (Å²) in [6, 6.07) is 5.58. The first-order valence-corrected chi connectivity index (χ1v) is 8.24. The smallest absolute Gasteiger partial charge is 0.257 e. The Bertz CT molecular complexity index is 726. The standard InChI is InChI=1S/C17H20ClN5O/c1-12-3-4-14(18)9-15(12)21-17-19-10-13(11-20-17)16(24)23-7-5-22(2)6-8-23/h3-4,9-11H,5-8H2,1-2H3,(H,19,20,21). The van der Waals surface area contributed by atoms with Gasteiger partial charge in [-0.1, -0.05) is 17.7 Å². The molecule has 0 spiro atoms. The van der Waals surface area contributed by atoms with Crippen LogP contribution in [0, 0.1) is 6.92 Å². The van der Waals surface area contributed by atoms with Crippen LogP contribution in [0.4, 0.5) is 11.6 Å². The second-order valence-electron chi connectivity index (χ2n) is 5.98. The summed E-state index contributed by atoms with van der Waals surface area (Å²) in [5.41, 5.74) is 2.40. The number of carbonyl (C=O) groups excluding carboxylic acids is 1. The van der Waals surface area contributed by atoms with Crippen LogP contribution >= 0.6 is 11.6 Å². The molecule has 24 heavy (non-hydrogen) atoms. The van der Waals surface area contributed by atoms with E-state index in [4.69, 9.17) is 11.6 Å². The first kappa shape index (κ1) is 16.7. The highest BCUT2D eigenvalue weighted by atomic mass is 35.5. The number of carbonyl (C=O) groups is 1. The van der Waals surface area contributed by atoms with Crippen LogP contribution in [0.3, 0.4) is 0 Å². The Morgan fingerprint density at radius 1 is 1.17 bits per heavy atom. The molecule has 126 valence electrons. The van der Waals surface area contributed by atoms with E-state index in [0.29, 0.717) is 16.5 Å². The van der Waals surface area contributed by atoms with Crippen molar-refractivity contribution < 1.29 is 4.79 Å². The fourth-order valence-corrected chi connectivity index (χ4v) is 2.72. The summed E-state index contributed by atoms with van der Waals surface area (Å²) < 4.78 is 0. The maximum Gasteiger partial charge on any atom is 0.257 e. The summed E-state index contributed by atoms with van der Waals surface area (Å²) in [6.07, 6.45) is 3.13. The summed E-state index contributed by atoms with van der Waals surface area (Å²) in [7, 11) is 2.06. The van der Waals surface area contributed by atoms with Gasteiger partial charge in [0.2, 0.25) is 5.95 Å². The number of likely N-dealkylation sites (N-methyl/N-ethyl adjacent to an activating group) is 1. The fourth-order valence-electron chi connectivity index (χ4n) is 2.54. The molecule has 1 fully saturated rings. The lowest BCUT2D eigenvalue weighted by molar-refractivity contribution is 0.0663. The quantitative estimate of drug-likeness (QED) is 0.926. The summed E-state index contributed by atoms with van der Waals surface area (Å²) >= 11 is 6.01. The van der Waals surface area contributed by atoms with Gasteiger partial charge in [-0.3, -0.25) is 4.79 Å². The molecule has 2 aromatic rings. The zero-order chi connectivity index (χ0) is 17.1. The highest BCUT2D eigenvalue weighted by molar-refractivity contribution is 6.30. The van der Waals surface area contributed by atoms with Gasteiger partial charge >= 0.3 is 0 Å². The number of benzene rings is 1. The van der Waals surface area contributed by atoms with Crippen molar-refractivity contribution in [2.45, 2.75) is 6.92 Å². The Hall–Kier alpha value is -2.18. The number of amides is 1. The number of aryl methyl sites for hydroxylation is 1. The van der Waals surface area contributed by atoms with Crippen molar-refractivity contribution >= 4 is 29.1 Å². The van der Waals surface area contributed by atoms with Crippen LogP contribution in [0.15, 0.2) is 30.6 Å². The lowest BCUT2D eigenvalue weighted by atomic mass is 10.2. The lowest BCUT2D eigenvalue weighted by Crippen LogP contribution is -2.47. The minimum absolute atomic E-state index is 0.0198. The number of hydrogen-bond acceptors (Lipinski definition) is 5. The minimum Gasteiger partial charge on any atom is -0.336 e. The van der Waals surface area contributed by atoms with E-state index in [1.54, 1.807) is 12.4 Å². The van der Waals surface area contributed by atoms with Gasteiger partial charge in [-0.2, -0.15) is 0 Å². The number of nitrogens with one attached hydrogen (secondary N) is 1. The van der Waals surface area contributed by atoms with Crippen LogP contribution < -0.4 is 5.32 Å². The maximum absolute atomic E-state index is 12.5. The third kappa shape index (κ3) is 3.83. The zero-order valence-corrected chi connectivity index (χ0v) is 14.5. The molecule has 0 aliphatic carbocycles. The Labute approximate surface area is 146 Å². The maximum atomic E-state index is 12.5. The predicted octanol–water partition coefficient (Wildman–Crippen LogP) is 2.57. The van der Waals surface area contributed by atoms with E-state index in [2.05, 4.69) is 27.2 Å². The molecular weight excluding hydrogens is 326 g/mol. The Morgan fingerprint density at radius 2 is 1.83 bits per heavy atom. The SMILES string of the molecule is Cc1ccc(Cl)cc1Nc1ncc(C(=O)N2CCN(C)CC2)cn1. The highest BCUT2D eigenvalue weighted by Gasteiger charge is 2.20. The molecule has 1 aromatic heterocycles. The first-order valence-electron chi connectivity index (χ1n) is 7.86. The molecule has 1 aliphatic rings. The van der Waals surface area contributed by atoms with Gasteiger partial charge in [-0.15, -0.1) is 0 Å². The van der Waals surface area contributed by atoms with E-state index < -0.39 is 0 Å². The monoisotopic (exact) mass is 345 g/mol. The van der Waals surface area contributed by atoms with E-state index in [1.807, 2.05) is 30.0 Å². The van der Waals surface area contributed by atoms with Crippen LogP contribution in [-0.4, -0.2) is 58.9 Å². The molecule has 2 heterocycles. The molecular formula is C17H20ClN5O. The van der Waals surface area contributed by atoms with E-state index in [9.17, 15) is 4.79 Å². The van der Waals surface area contributed by atoms with Gasteiger partial charge in [0, 0.05) is 49.3 Å². The fraction of sp³-hybridized carbons (Fsp3) is 0.353. The van der Waals surface area contributed by atoms with Crippen molar-refractivity contribution in [2.75, 3.05) is 38.5 Å². The summed E-state index contributed by atoms with van der Waals surface area (Å²) in [5.74, 6) is 0.420. The average molecular weight is 346 g/mol. The molecule has 1 amide bonds. The van der Waals surface area contributed by atoms with Gasteiger partial charge in [0.25, 0.3) is 5.91 Å². The molecule has 3 rings (SSSR count). The second-order valence-corrected chi connectivity index (χ2v) is 6.41. The van der Waals surface area contributed by atoms with Gasteiger partial charge in [-0.25, -0.2) is 9.97 Å². The second kappa shape index (κ2) is 7.15. The Kier molecular flexibility index (Phi) is 4.97. The van der Waals surface area contributed by atoms with Gasteiger partial charge in [0.05, 0.1) is 5.56 Å². The molecule has 0 unspecified atom stereocenters. The molecule has 6 nitrogen and oxygen atoms in total. The predicted molar refractivity (Wildman–Crippen MR) is 94.9 cm³/mol. The number of nitrogens with zero attached hydrogens (tertiary/aromatic N) is 4. The summed E-state index contributed by atoms with van der Waals surface area (Å²) in [5, 5.41) is 3.77. The molecule has 1 saturated heterocycles. The molecule has 0 atom stereocenters. The van der Waals surface area contributed by atoms with Crippen molar-refractivity contribution in [3.05, 3.63) is 46.7 Å². The van der Waals surface area contributed by atoms with Gasteiger partial charge in [0.1, 0.15) is 0 Å². The van der Waals surface area contributed by atoms with Crippen LogP contribution in [0.5, 0.6) is 0 Å². The third-order valence-electron chi connectivity index (χ3n) is 4.14. The molecule has 0 bridgehead atoms. The van der Waals surface area contributed by atoms with E-state index in [1.165, 1.54) is 0 Å². The number of anilines is 2. The lowest BCUT2D eigenvalue weighted by Gasteiger charge is -2.32. The number of halogens is 1. The highest BCUT2D eigenvalue weighted by Crippen LogP contribution is 2.22. The molecule has 0 radical (unpaired) electrons. The molecule has 1 aromatic carbocycles. The number of aromatic nitrogens is 2. The summed E-state index contributed by atoms with van der Waals surface area (Å²) in [6.45, 7) is 5.22. The van der Waals surface area contributed by atoms with Gasteiger partial charge in [-0.05, 0) is 31.7 Å². The molecule has 0 saturated carbocycles. The minimum atomic E-state index is -0.0198. The topological polar surface area (TPSA) is 61.4 Å². The normalized spacial score (nSPS) is 15.4. The number of rotatable bonds is 3. The van der Waals surface area contributed by atoms with Crippen LogP contribution in [0.2, 0.25) is 5.02 Å².